The van der Waals surface area contributed by atoms with Crippen LogP contribution in [0.25, 0.3) is 0 Å². The molecule has 6 unspecified atom stereocenters. The molecule has 10 nitrogen and oxygen atoms in total. The number of rotatable bonds is 29. The minimum Gasteiger partial charge on any atom is -0.464 e. The summed E-state index contributed by atoms with van der Waals surface area (Å²) in [5.41, 5.74) is 0.926. The third kappa shape index (κ3) is 19.7. The second-order valence-electron chi connectivity index (χ2n) is 18.0. The van der Waals surface area contributed by atoms with Crippen LogP contribution in [-0.2, 0) is 28.6 Å². The van der Waals surface area contributed by atoms with E-state index in [1.807, 2.05) is 38.2 Å². The molecule has 0 aromatic carbocycles. The van der Waals surface area contributed by atoms with Gasteiger partial charge in [0.25, 0.3) is 6.47 Å². The standard InChI is InChI=1S/C48H81NO9/c1-35(17-12-11-13-18-39(5)47(6,56-8)33-43-19-16-26-48(7,58-43)49-27-14-9-10-15-28-50)29-36(2)45(54)32-46(55)38(4)30-37(3)44(53)31-42(57-34-51)25-22-40-20-23-41(52)24-21-40/h11-13,17-18,28,30,34-37,40-44,46,49,52-53,55H,9-10,14-16,19-27,29,31-33H2,1-8H3/b13-11+,17-12+,38-30+,39-18+/t35?,36?,37?,40?,41?,42?,43?,44-,46?,47+,48-/m1/s1. The highest BCUT2D eigenvalue weighted by Gasteiger charge is 2.37. The first-order valence-electron chi connectivity index (χ1n) is 22.3. The fourth-order valence-corrected chi connectivity index (χ4v) is 8.46. The zero-order valence-electron chi connectivity index (χ0n) is 37.3. The smallest absolute Gasteiger partial charge is 0.293 e. The molecule has 1 saturated carbocycles. The van der Waals surface area contributed by atoms with Crippen molar-refractivity contribution in [3.05, 3.63) is 47.6 Å². The van der Waals surface area contributed by atoms with Crippen molar-refractivity contribution in [2.75, 3.05) is 13.7 Å². The van der Waals surface area contributed by atoms with E-state index in [0.29, 0.717) is 43.6 Å². The van der Waals surface area contributed by atoms with Crippen LogP contribution >= 0.6 is 0 Å². The third-order valence-electron chi connectivity index (χ3n) is 12.8. The molecule has 2 fully saturated rings. The van der Waals surface area contributed by atoms with Gasteiger partial charge in [-0.05, 0) is 134 Å². The summed E-state index contributed by atoms with van der Waals surface area (Å²) in [6, 6.07) is 0. The zero-order valence-corrected chi connectivity index (χ0v) is 37.3. The van der Waals surface area contributed by atoms with Crippen molar-refractivity contribution < 1.29 is 43.9 Å². The summed E-state index contributed by atoms with van der Waals surface area (Å²) in [5, 5.41) is 35.2. The minimum absolute atomic E-state index is 0.000424. The van der Waals surface area contributed by atoms with E-state index in [1.54, 1.807) is 14.0 Å². The molecule has 2 rings (SSSR count). The summed E-state index contributed by atoms with van der Waals surface area (Å²) < 4.78 is 18.0. The number of hydrogen-bond donors (Lipinski definition) is 4. The molecular formula is C48H81NO9. The molecule has 0 amide bonds. The van der Waals surface area contributed by atoms with Gasteiger partial charge >= 0.3 is 0 Å². The Balaban J connectivity index is 1.81. The van der Waals surface area contributed by atoms with Gasteiger partial charge < -0.3 is 34.3 Å². The molecule has 2 aliphatic rings. The number of allylic oxidation sites excluding steroid dienone is 5. The number of carbonyl (C=O) groups is 3. The van der Waals surface area contributed by atoms with E-state index in [0.717, 1.165) is 95.5 Å². The van der Waals surface area contributed by atoms with E-state index >= 15 is 0 Å². The van der Waals surface area contributed by atoms with Crippen molar-refractivity contribution in [1.29, 1.82) is 0 Å². The molecule has 0 aromatic heterocycles. The number of aliphatic hydroxyl groups is 3. The van der Waals surface area contributed by atoms with Crippen molar-refractivity contribution in [3.63, 3.8) is 0 Å². The fourth-order valence-electron chi connectivity index (χ4n) is 8.46. The van der Waals surface area contributed by atoms with Crippen LogP contribution in [0.15, 0.2) is 47.6 Å². The summed E-state index contributed by atoms with van der Waals surface area (Å²) in [5.74, 6) is 0.143. The summed E-state index contributed by atoms with van der Waals surface area (Å²) in [6.45, 7) is 15.3. The molecular weight excluding hydrogens is 735 g/mol. The number of unbranched alkanes of at least 4 members (excludes halogenated alkanes) is 3. The number of aliphatic hydroxyl groups excluding tert-OH is 3. The second kappa shape index (κ2) is 27.4. The molecule has 4 N–H and O–H groups in total. The molecule has 10 heteroatoms. The average Bonchev–Trinajstić information content (AvgIpc) is 3.18. The maximum Gasteiger partial charge on any atom is 0.293 e. The Morgan fingerprint density at radius 2 is 1.72 bits per heavy atom. The normalized spacial score (nSPS) is 26.4. The van der Waals surface area contributed by atoms with Gasteiger partial charge in [-0.2, -0.15) is 0 Å². The summed E-state index contributed by atoms with van der Waals surface area (Å²) in [4.78, 5) is 34.8. The molecule has 1 heterocycles. The zero-order chi connectivity index (χ0) is 43.1. The largest absolute Gasteiger partial charge is 0.464 e. The minimum atomic E-state index is -0.934. The van der Waals surface area contributed by atoms with Crippen LogP contribution in [0.3, 0.4) is 0 Å². The van der Waals surface area contributed by atoms with E-state index in [4.69, 9.17) is 14.2 Å². The number of nitrogens with one attached hydrogen (secondary N) is 1. The molecule has 0 aromatic rings. The Morgan fingerprint density at radius 3 is 2.40 bits per heavy atom. The van der Waals surface area contributed by atoms with Crippen molar-refractivity contribution in [1.82, 2.24) is 5.32 Å². The summed E-state index contributed by atoms with van der Waals surface area (Å²) in [6.07, 6.45) is 24.3. The van der Waals surface area contributed by atoms with Crippen LogP contribution in [0.1, 0.15) is 158 Å². The number of ketones is 1. The Morgan fingerprint density at radius 1 is 1.00 bits per heavy atom. The van der Waals surface area contributed by atoms with Crippen LogP contribution in [0.2, 0.25) is 0 Å². The van der Waals surface area contributed by atoms with E-state index < -0.39 is 23.9 Å². The lowest BCUT2D eigenvalue weighted by molar-refractivity contribution is -0.155. The van der Waals surface area contributed by atoms with Crippen LogP contribution in [0, 0.1) is 23.7 Å². The highest BCUT2D eigenvalue weighted by Crippen LogP contribution is 2.35. The van der Waals surface area contributed by atoms with Gasteiger partial charge in [-0.25, -0.2) is 0 Å². The molecule has 332 valence electrons. The number of ether oxygens (including phenoxy) is 3. The predicted octanol–water partition coefficient (Wildman–Crippen LogP) is 8.66. The van der Waals surface area contributed by atoms with Gasteiger partial charge in [-0.1, -0.05) is 63.6 Å². The fraction of sp³-hybridized carbons (Fsp3) is 0.771. The predicted molar refractivity (Wildman–Crippen MR) is 232 cm³/mol. The number of Topliss-reactive ketones (excluding diaryl/α,β-unsaturated/α-hetero) is 1. The number of methoxy groups -OCH3 is 1. The lowest BCUT2D eigenvalue weighted by atomic mass is 9.83. The molecule has 1 saturated heterocycles. The summed E-state index contributed by atoms with van der Waals surface area (Å²) in [7, 11) is 1.75. The lowest BCUT2D eigenvalue weighted by Crippen LogP contribution is -2.51. The molecule has 1 aliphatic carbocycles. The van der Waals surface area contributed by atoms with Gasteiger partial charge in [0.05, 0.1) is 30.0 Å². The molecule has 0 radical (unpaired) electrons. The van der Waals surface area contributed by atoms with Crippen LogP contribution in [0.5, 0.6) is 0 Å². The maximum atomic E-state index is 13.1. The van der Waals surface area contributed by atoms with Crippen molar-refractivity contribution in [3.8, 4) is 0 Å². The lowest BCUT2D eigenvalue weighted by Gasteiger charge is -2.42. The van der Waals surface area contributed by atoms with Crippen LogP contribution < -0.4 is 5.32 Å². The molecule has 9 atom stereocenters. The van der Waals surface area contributed by atoms with E-state index in [2.05, 4.69) is 45.2 Å². The molecule has 58 heavy (non-hydrogen) atoms. The third-order valence-corrected chi connectivity index (χ3v) is 12.8. The van der Waals surface area contributed by atoms with Gasteiger partial charge in [-0.15, -0.1) is 0 Å². The second-order valence-corrected chi connectivity index (χ2v) is 18.0. The first-order valence-corrected chi connectivity index (χ1v) is 22.3. The molecule has 0 spiro atoms. The Labute approximate surface area is 351 Å². The van der Waals surface area contributed by atoms with E-state index in [9.17, 15) is 29.7 Å². The van der Waals surface area contributed by atoms with Gasteiger partial charge in [0.15, 0.2) is 0 Å². The van der Waals surface area contributed by atoms with Gasteiger partial charge in [-0.3, -0.25) is 14.9 Å². The Bertz CT molecular complexity index is 1320. The maximum absolute atomic E-state index is 13.1. The highest BCUT2D eigenvalue weighted by molar-refractivity contribution is 5.81. The van der Waals surface area contributed by atoms with Gasteiger partial charge in [0, 0.05) is 44.6 Å². The number of hydrogen-bond acceptors (Lipinski definition) is 10. The molecule has 0 bridgehead atoms. The van der Waals surface area contributed by atoms with Crippen molar-refractivity contribution >= 4 is 18.5 Å². The quantitative estimate of drug-likeness (QED) is 0.0250. The molecule has 1 aliphatic heterocycles. The number of carbonyl (C=O) groups excluding carboxylic acids is 3. The van der Waals surface area contributed by atoms with E-state index in [-0.39, 0.29) is 47.9 Å². The van der Waals surface area contributed by atoms with Gasteiger partial charge in [0.2, 0.25) is 0 Å². The van der Waals surface area contributed by atoms with Crippen molar-refractivity contribution in [2.24, 2.45) is 23.7 Å². The average molecular weight is 816 g/mol. The SMILES string of the molecule is CO[C@@](C)(CC1CCC[C@](C)(NCCCCCC=O)O1)/C(C)=C/C=C/C=C/C(C)CC(C)C(=O)CC(O)/C(C)=C/C(C)[C@H](O)CC(CCC1CCC(O)CC1)OC=O. The van der Waals surface area contributed by atoms with E-state index in [1.165, 1.54) is 0 Å². The number of aldehydes is 1. The summed E-state index contributed by atoms with van der Waals surface area (Å²) >= 11 is 0. The topological polar surface area (TPSA) is 152 Å². The monoisotopic (exact) mass is 816 g/mol. The highest BCUT2D eigenvalue weighted by atomic mass is 16.5. The Kier molecular flexibility index (Phi) is 24.4. The first kappa shape index (κ1) is 51.7. The van der Waals surface area contributed by atoms with Crippen LogP contribution in [0.4, 0.5) is 0 Å². The Hall–Kier alpha value is -2.47. The first-order chi connectivity index (χ1) is 27.5. The van der Waals surface area contributed by atoms with Crippen molar-refractivity contribution in [2.45, 2.75) is 199 Å². The van der Waals surface area contributed by atoms with Crippen LogP contribution in [-0.4, -0.2) is 89.4 Å². The van der Waals surface area contributed by atoms with Gasteiger partial charge in [0.1, 0.15) is 23.9 Å².